The van der Waals surface area contributed by atoms with E-state index in [1.807, 2.05) is 0 Å². The first-order valence-electron chi connectivity index (χ1n) is 5.53. The number of phenols is 1. The summed E-state index contributed by atoms with van der Waals surface area (Å²) < 4.78 is 13.6. The van der Waals surface area contributed by atoms with E-state index in [2.05, 4.69) is 5.32 Å². The highest BCUT2D eigenvalue weighted by molar-refractivity contribution is 6.31. The first-order valence-corrected chi connectivity index (χ1v) is 5.91. The lowest BCUT2D eigenvalue weighted by atomic mass is 10.1. The van der Waals surface area contributed by atoms with Crippen molar-refractivity contribution in [2.75, 3.05) is 5.32 Å². The summed E-state index contributed by atoms with van der Waals surface area (Å²) in [6.45, 7) is 1.75. The number of phenolic OH excluding ortho intramolecular Hbond substituents is 1. The molecule has 5 heteroatoms. The number of nitrogens with one attached hydrogen (secondary N) is 1. The van der Waals surface area contributed by atoms with Crippen molar-refractivity contribution in [1.29, 1.82) is 0 Å². The highest BCUT2D eigenvalue weighted by atomic mass is 35.5. The normalized spacial score (nSPS) is 10.3. The summed E-state index contributed by atoms with van der Waals surface area (Å²) >= 11 is 5.75. The minimum atomic E-state index is -0.622. The van der Waals surface area contributed by atoms with Crippen molar-refractivity contribution in [2.24, 2.45) is 0 Å². The number of hydrogen-bond acceptors (Lipinski definition) is 2. The quantitative estimate of drug-likeness (QED) is 0.880. The molecule has 2 aromatic carbocycles. The molecule has 0 spiro atoms. The molecule has 2 N–H and O–H groups in total. The number of rotatable bonds is 2. The number of carbonyl (C=O) groups excluding carboxylic acids is 1. The molecule has 2 aromatic rings. The van der Waals surface area contributed by atoms with Gasteiger partial charge in [-0.3, -0.25) is 4.79 Å². The Bertz CT molecular complexity index is 643. The minimum Gasteiger partial charge on any atom is -0.507 e. The number of aryl methyl sites for hydroxylation is 1. The Morgan fingerprint density at radius 3 is 2.68 bits per heavy atom. The maximum Gasteiger partial charge on any atom is 0.259 e. The van der Waals surface area contributed by atoms with Crippen LogP contribution in [0.15, 0.2) is 36.4 Å². The van der Waals surface area contributed by atoms with Crippen LogP contribution in [-0.2, 0) is 0 Å². The van der Waals surface area contributed by atoms with Gasteiger partial charge in [-0.25, -0.2) is 4.39 Å². The van der Waals surface area contributed by atoms with Gasteiger partial charge in [-0.15, -0.1) is 0 Å². The van der Waals surface area contributed by atoms with Gasteiger partial charge in [-0.1, -0.05) is 17.7 Å². The number of aromatic hydroxyl groups is 1. The third-order valence-electron chi connectivity index (χ3n) is 2.58. The van der Waals surface area contributed by atoms with Gasteiger partial charge in [-0.05, 0) is 42.8 Å². The fourth-order valence-corrected chi connectivity index (χ4v) is 1.77. The minimum absolute atomic E-state index is 0.00697. The highest BCUT2D eigenvalue weighted by Crippen LogP contribution is 2.23. The summed E-state index contributed by atoms with van der Waals surface area (Å²) in [6, 6.07) is 8.54. The van der Waals surface area contributed by atoms with Crippen molar-refractivity contribution in [2.45, 2.75) is 6.92 Å². The molecule has 0 saturated carbocycles. The van der Waals surface area contributed by atoms with Gasteiger partial charge >= 0.3 is 0 Å². The van der Waals surface area contributed by atoms with Crippen molar-refractivity contribution >= 4 is 23.2 Å². The van der Waals surface area contributed by atoms with Crippen LogP contribution < -0.4 is 5.32 Å². The number of hydrogen-bond donors (Lipinski definition) is 2. The molecule has 0 atom stereocenters. The van der Waals surface area contributed by atoms with Gasteiger partial charge in [-0.2, -0.15) is 0 Å². The molecule has 3 nitrogen and oxygen atoms in total. The molecule has 0 aromatic heterocycles. The number of amides is 1. The molecule has 0 unspecified atom stereocenters. The van der Waals surface area contributed by atoms with E-state index in [-0.39, 0.29) is 17.0 Å². The zero-order chi connectivity index (χ0) is 14.0. The Morgan fingerprint density at radius 2 is 2.00 bits per heavy atom. The van der Waals surface area contributed by atoms with Crippen molar-refractivity contribution in [3.8, 4) is 5.75 Å². The van der Waals surface area contributed by atoms with Crippen LogP contribution in [0, 0.1) is 12.7 Å². The molecular weight excluding hydrogens is 269 g/mol. The molecule has 0 fully saturated rings. The number of halogens is 2. The Labute approximate surface area is 114 Å². The lowest BCUT2D eigenvalue weighted by Crippen LogP contribution is -2.13. The summed E-state index contributed by atoms with van der Waals surface area (Å²) in [5.41, 5.74) is 0.795. The second kappa shape index (κ2) is 5.28. The summed E-state index contributed by atoms with van der Waals surface area (Å²) in [4.78, 5) is 11.9. The Hall–Kier alpha value is -2.07. The van der Waals surface area contributed by atoms with Gasteiger partial charge in [0.1, 0.15) is 11.6 Å². The Balaban J connectivity index is 2.28. The SMILES string of the molecule is Cc1ccc(NC(=O)c2cc(Cl)ccc2O)c(F)c1. The summed E-state index contributed by atoms with van der Waals surface area (Å²) in [6.07, 6.45) is 0. The van der Waals surface area contributed by atoms with E-state index in [4.69, 9.17) is 11.6 Å². The van der Waals surface area contributed by atoms with Crippen LogP contribution in [0.2, 0.25) is 5.02 Å². The lowest BCUT2D eigenvalue weighted by molar-refractivity contribution is 0.102. The third kappa shape index (κ3) is 3.03. The monoisotopic (exact) mass is 279 g/mol. The molecule has 19 heavy (non-hydrogen) atoms. The molecule has 0 aliphatic heterocycles. The van der Waals surface area contributed by atoms with E-state index in [9.17, 15) is 14.3 Å². The second-order valence-corrected chi connectivity index (χ2v) is 4.54. The van der Waals surface area contributed by atoms with E-state index >= 15 is 0 Å². The van der Waals surface area contributed by atoms with Crippen molar-refractivity contribution < 1.29 is 14.3 Å². The molecule has 98 valence electrons. The van der Waals surface area contributed by atoms with Crippen LogP contribution >= 0.6 is 11.6 Å². The molecule has 0 bridgehead atoms. The Morgan fingerprint density at radius 1 is 1.26 bits per heavy atom. The fraction of sp³-hybridized carbons (Fsp3) is 0.0714. The van der Waals surface area contributed by atoms with Crippen molar-refractivity contribution in [3.63, 3.8) is 0 Å². The van der Waals surface area contributed by atoms with E-state index in [1.165, 1.54) is 30.3 Å². The van der Waals surface area contributed by atoms with Crippen LogP contribution in [0.4, 0.5) is 10.1 Å². The van der Waals surface area contributed by atoms with Gasteiger partial charge < -0.3 is 10.4 Å². The second-order valence-electron chi connectivity index (χ2n) is 4.10. The predicted octanol–water partition coefficient (Wildman–Crippen LogP) is 3.75. The van der Waals surface area contributed by atoms with Gasteiger partial charge in [0.15, 0.2) is 0 Å². The smallest absolute Gasteiger partial charge is 0.259 e. The standard InChI is InChI=1S/C14H11ClFNO2/c1-8-2-4-12(11(16)6-8)17-14(19)10-7-9(15)3-5-13(10)18/h2-7,18H,1H3,(H,17,19). The number of benzene rings is 2. The highest BCUT2D eigenvalue weighted by Gasteiger charge is 2.13. The van der Waals surface area contributed by atoms with E-state index < -0.39 is 11.7 Å². The summed E-state index contributed by atoms with van der Waals surface area (Å²) in [7, 11) is 0. The average molecular weight is 280 g/mol. The van der Waals surface area contributed by atoms with E-state index in [1.54, 1.807) is 13.0 Å². The van der Waals surface area contributed by atoms with Crippen molar-refractivity contribution in [1.82, 2.24) is 0 Å². The van der Waals surface area contributed by atoms with Crippen LogP contribution in [-0.4, -0.2) is 11.0 Å². The number of anilines is 1. The molecular formula is C14H11ClFNO2. The molecule has 0 aliphatic rings. The zero-order valence-electron chi connectivity index (χ0n) is 10.1. The van der Waals surface area contributed by atoms with Gasteiger partial charge in [0.2, 0.25) is 0 Å². The lowest BCUT2D eigenvalue weighted by Gasteiger charge is -2.08. The molecule has 1 amide bonds. The Kier molecular flexibility index (Phi) is 3.71. The fourth-order valence-electron chi connectivity index (χ4n) is 1.60. The molecule has 2 rings (SSSR count). The van der Waals surface area contributed by atoms with Crippen LogP contribution in [0.5, 0.6) is 5.75 Å². The molecule has 0 radical (unpaired) electrons. The van der Waals surface area contributed by atoms with E-state index in [0.29, 0.717) is 5.02 Å². The first kappa shape index (κ1) is 13.4. The summed E-state index contributed by atoms with van der Waals surface area (Å²) in [5, 5.41) is 12.3. The van der Waals surface area contributed by atoms with Gasteiger partial charge in [0.25, 0.3) is 5.91 Å². The maximum atomic E-state index is 13.6. The zero-order valence-corrected chi connectivity index (χ0v) is 10.8. The van der Waals surface area contributed by atoms with Crippen LogP contribution in [0.1, 0.15) is 15.9 Å². The van der Waals surface area contributed by atoms with Crippen LogP contribution in [0.25, 0.3) is 0 Å². The third-order valence-corrected chi connectivity index (χ3v) is 2.81. The maximum absolute atomic E-state index is 13.6. The van der Waals surface area contributed by atoms with Gasteiger partial charge in [0.05, 0.1) is 11.3 Å². The molecule has 0 saturated heterocycles. The topological polar surface area (TPSA) is 49.3 Å². The van der Waals surface area contributed by atoms with E-state index in [0.717, 1.165) is 5.56 Å². The summed E-state index contributed by atoms with van der Waals surface area (Å²) in [5.74, 6) is -1.37. The molecule has 0 heterocycles. The average Bonchev–Trinajstić information content (AvgIpc) is 2.35. The molecule has 0 aliphatic carbocycles. The van der Waals surface area contributed by atoms with Crippen molar-refractivity contribution in [3.05, 3.63) is 58.4 Å². The predicted molar refractivity (Wildman–Crippen MR) is 72.2 cm³/mol. The first-order chi connectivity index (χ1) is 8.97. The van der Waals surface area contributed by atoms with Crippen LogP contribution in [0.3, 0.4) is 0 Å². The number of carbonyl (C=O) groups is 1. The largest absolute Gasteiger partial charge is 0.507 e. The van der Waals surface area contributed by atoms with Gasteiger partial charge in [0, 0.05) is 5.02 Å².